The maximum atomic E-state index is 12.4. The molecular weight excluding hydrogens is 398 g/mol. The topological polar surface area (TPSA) is 95.5 Å². The van der Waals surface area contributed by atoms with Gasteiger partial charge in [-0.05, 0) is 66.2 Å². The first-order valence-electron chi connectivity index (χ1n) is 11.7. The lowest BCUT2D eigenvalue weighted by Gasteiger charge is -2.34. The van der Waals surface area contributed by atoms with E-state index in [0.717, 1.165) is 44.7 Å². The smallest absolute Gasteiger partial charge is 0.410 e. The second-order valence-corrected chi connectivity index (χ2v) is 9.26. The molecule has 9 nitrogen and oxygen atoms in total. The molecule has 178 valence electrons. The Labute approximate surface area is 186 Å². The number of piperidine rings is 2. The van der Waals surface area contributed by atoms with Crippen molar-refractivity contribution in [3.05, 3.63) is 0 Å². The number of rotatable bonds is 5. The molecule has 0 aromatic rings. The fraction of sp³-hybridized carbons (Fsp3) is 0.864. The van der Waals surface area contributed by atoms with Crippen LogP contribution in [0.25, 0.3) is 0 Å². The van der Waals surface area contributed by atoms with E-state index in [1.165, 1.54) is 0 Å². The molecule has 2 rings (SSSR count). The third-order valence-corrected chi connectivity index (χ3v) is 5.38. The summed E-state index contributed by atoms with van der Waals surface area (Å²) in [6.07, 6.45) is 3.28. The van der Waals surface area contributed by atoms with E-state index in [1.54, 1.807) is 9.80 Å². The van der Waals surface area contributed by atoms with E-state index in [4.69, 9.17) is 14.5 Å². The Hall–Kier alpha value is -2.19. The van der Waals surface area contributed by atoms with Gasteiger partial charge in [0.25, 0.3) is 0 Å². The lowest BCUT2D eigenvalue weighted by Crippen LogP contribution is -2.50. The van der Waals surface area contributed by atoms with E-state index in [9.17, 15) is 9.59 Å². The molecule has 9 heteroatoms. The summed E-state index contributed by atoms with van der Waals surface area (Å²) in [5, 5.41) is 6.83. The summed E-state index contributed by atoms with van der Waals surface area (Å²) in [6, 6.07) is 0.271. The summed E-state index contributed by atoms with van der Waals surface area (Å²) in [6.45, 7) is 14.2. The normalized spacial score (nSPS) is 20.9. The number of amides is 2. The van der Waals surface area contributed by atoms with Crippen molar-refractivity contribution in [1.29, 1.82) is 0 Å². The molecule has 1 unspecified atom stereocenters. The molecule has 0 radical (unpaired) electrons. The van der Waals surface area contributed by atoms with Crippen molar-refractivity contribution in [3.8, 4) is 0 Å². The lowest BCUT2D eigenvalue weighted by atomic mass is 9.98. The first kappa shape index (κ1) is 25.1. The second-order valence-electron chi connectivity index (χ2n) is 9.26. The highest BCUT2D eigenvalue weighted by Crippen LogP contribution is 2.20. The zero-order valence-corrected chi connectivity index (χ0v) is 19.9. The first-order chi connectivity index (χ1) is 14.7. The van der Waals surface area contributed by atoms with Crippen LogP contribution in [0.5, 0.6) is 0 Å². The number of hydrogen-bond donors (Lipinski definition) is 2. The predicted octanol–water partition coefficient (Wildman–Crippen LogP) is 2.81. The maximum absolute atomic E-state index is 12.4. The third-order valence-electron chi connectivity index (χ3n) is 5.38. The third kappa shape index (κ3) is 8.83. The minimum absolute atomic E-state index is 0.228. The molecule has 2 aliphatic rings. The van der Waals surface area contributed by atoms with Crippen molar-refractivity contribution in [1.82, 2.24) is 20.4 Å². The minimum atomic E-state index is -0.479. The van der Waals surface area contributed by atoms with E-state index < -0.39 is 5.60 Å². The van der Waals surface area contributed by atoms with Gasteiger partial charge in [-0.1, -0.05) is 0 Å². The number of likely N-dealkylation sites (tertiary alicyclic amines) is 2. The first-order valence-corrected chi connectivity index (χ1v) is 11.7. The number of carbonyl (C=O) groups excluding carboxylic acids is 2. The highest BCUT2D eigenvalue weighted by atomic mass is 16.6. The summed E-state index contributed by atoms with van der Waals surface area (Å²) in [7, 11) is 0. The number of ether oxygens (including phenoxy) is 2. The van der Waals surface area contributed by atoms with Gasteiger partial charge in [0.05, 0.1) is 6.61 Å². The molecule has 2 N–H and O–H groups in total. The van der Waals surface area contributed by atoms with Gasteiger partial charge in [0.15, 0.2) is 5.96 Å². The van der Waals surface area contributed by atoms with Crippen LogP contribution >= 0.6 is 0 Å². The molecule has 0 aromatic carbocycles. The van der Waals surface area contributed by atoms with Gasteiger partial charge < -0.3 is 29.9 Å². The Morgan fingerprint density at radius 2 is 1.74 bits per heavy atom. The Morgan fingerprint density at radius 1 is 1.03 bits per heavy atom. The second kappa shape index (κ2) is 12.0. The van der Waals surface area contributed by atoms with E-state index in [2.05, 4.69) is 10.6 Å². The van der Waals surface area contributed by atoms with Crippen LogP contribution in [0.4, 0.5) is 9.59 Å². The standard InChI is InChI=1S/C22H41N5O4/c1-6-23-19(25-18-10-13-26(14-11-18)20(28)30-7-2)24-15-17-9-8-12-27(16-17)21(29)31-22(3,4)5/h17-18H,6-16H2,1-5H3,(H2,23,24,25). The Balaban J connectivity index is 1.84. The molecular formula is C22H41N5O4. The van der Waals surface area contributed by atoms with Gasteiger partial charge in [-0.3, -0.25) is 4.99 Å². The summed E-state index contributed by atoms with van der Waals surface area (Å²) in [5.74, 6) is 1.12. The van der Waals surface area contributed by atoms with Crippen molar-refractivity contribution in [2.45, 2.75) is 71.9 Å². The number of carbonyl (C=O) groups is 2. The van der Waals surface area contributed by atoms with E-state index in [0.29, 0.717) is 38.7 Å². The SMILES string of the molecule is CCNC(=NCC1CCCN(C(=O)OC(C)(C)C)C1)NC1CCN(C(=O)OCC)CC1. The monoisotopic (exact) mass is 439 g/mol. The van der Waals surface area contributed by atoms with E-state index in [-0.39, 0.29) is 18.2 Å². The van der Waals surface area contributed by atoms with Crippen LogP contribution in [0.3, 0.4) is 0 Å². The summed E-state index contributed by atoms with van der Waals surface area (Å²) < 4.78 is 10.6. The number of aliphatic imine (C=N–C) groups is 1. The molecule has 2 amide bonds. The van der Waals surface area contributed by atoms with Gasteiger partial charge in [0, 0.05) is 45.3 Å². The van der Waals surface area contributed by atoms with Gasteiger partial charge in [0.1, 0.15) is 5.60 Å². The van der Waals surface area contributed by atoms with Crippen molar-refractivity contribution in [2.24, 2.45) is 10.9 Å². The number of nitrogens with zero attached hydrogens (tertiary/aromatic N) is 3. The highest BCUT2D eigenvalue weighted by Gasteiger charge is 2.28. The molecule has 2 fully saturated rings. The van der Waals surface area contributed by atoms with Gasteiger partial charge in [0.2, 0.25) is 0 Å². The van der Waals surface area contributed by atoms with Crippen LogP contribution in [0, 0.1) is 5.92 Å². The fourth-order valence-electron chi connectivity index (χ4n) is 3.86. The molecule has 31 heavy (non-hydrogen) atoms. The molecule has 0 aromatic heterocycles. The Kier molecular flexibility index (Phi) is 9.71. The Morgan fingerprint density at radius 3 is 2.35 bits per heavy atom. The van der Waals surface area contributed by atoms with Crippen LogP contribution in [0.2, 0.25) is 0 Å². The number of guanidine groups is 1. The van der Waals surface area contributed by atoms with Crippen LogP contribution in [-0.4, -0.2) is 85.5 Å². The van der Waals surface area contributed by atoms with Crippen LogP contribution < -0.4 is 10.6 Å². The largest absolute Gasteiger partial charge is 0.450 e. The molecule has 2 heterocycles. The van der Waals surface area contributed by atoms with Gasteiger partial charge in [-0.2, -0.15) is 0 Å². The van der Waals surface area contributed by atoms with Gasteiger partial charge in [-0.25, -0.2) is 9.59 Å². The molecule has 0 bridgehead atoms. The van der Waals surface area contributed by atoms with Crippen molar-refractivity contribution in [2.75, 3.05) is 45.9 Å². The van der Waals surface area contributed by atoms with Gasteiger partial charge in [-0.15, -0.1) is 0 Å². The predicted molar refractivity (Wildman–Crippen MR) is 121 cm³/mol. The van der Waals surface area contributed by atoms with Crippen molar-refractivity contribution < 1.29 is 19.1 Å². The summed E-state index contributed by atoms with van der Waals surface area (Å²) in [5.41, 5.74) is -0.479. The van der Waals surface area contributed by atoms with E-state index >= 15 is 0 Å². The van der Waals surface area contributed by atoms with Crippen LogP contribution in [0.15, 0.2) is 4.99 Å². The van der Waals surface area contributed by atoms with Crippen LogP contribution in [0.1, 0.15) is 60.3 Å². The highest BCUT2D eigenvalue weighted by molar-refractivity contribution is 5.80. The summed E-state index contributed by atoms with van der Waals surface area (Å²) >= 11 is 0. The fourth-order valence-corrected chi connectivity index (χ4v) is 3.86. The summed E-state index contributed by atoms with van der Waals surface area (Å²) in [4.78, 5) is 32.6. The quantitative estimate of drug-likeness (QED) is 0.505. The minimum Gasteiger partial charge on any atom is -0.450 e. The molecule has 2 aliphatic heterocycles. The average molecular weight is 440 g/mol. The van der Waals surface area contributed by atoms with E-state index in [1.807, 2.05) is 34.6 Å². The lowest BCUT2D eigenvalue weighted by molar-refractivity contribution is 0.0170. The molecule has 1 atom stereocenters. The molecule has 0 aliphatic carbocycles. The zero-order valence-electron chi connectivity index (χ0n) is 19.9. The Bertz CT molecular complexity index is 612. The molecule has 2 saturated heterocycles. The number of hydrogen-bond acceptors (Lipinski definition) is 5. The zero-order chi connectivity index (χ0) is 22.9. The maximum Gasteiger partial charge on any atom is 0.410 e. The van der Waals surface area contributed by atoms with Gasteiger partial charge >= 0.3 is 12.2 Å². The molecule has 0 spiro atoms. The molecule has 0 saturated carbocycles. The number of nitrogens with one attached hydrogen (secondary N) is 2. The van der Waals surface area contributed by atoms with Crippen molar-refractivity contribution >= 4 is 18.1 Å². The van der Waals surface area contributed by atoms with Crippen molar-refractivity contribution in [3.63, 3.8) is 0 Å². The average Bonchev–Trinajstić information content (AvgIpc) is 2.72. The van der Waals surface area contributed by atoms with Crippen LogP contribution in [-0.2, 0) is 9.47 Å².